The maximum Gasteiger partial charge on any atom is 0.164 e. The molecule has 0 aliphatic heterocycles. The van der Waals surface area contributed by atoms with Gasteiger partial charge in [-0.1, -0.05) is 6.07 Å². The SMILES string of the molecule is COc1cc2oc(-c3cccs3)c(C#N)c2cc1OC. The van der Waals surface area contributed by atoms with Crippen LogP contribution in [-0.4, -0.2) is 14.2 Å². The van der Waals surface area contributed by atoms with Crippen molar-refractivity contribution in [1.82, 2.24) is 0 Å². The summed E-state index contributed by atoms with van der Waals surface area (Å²) in [6, 6.07) is 9.58. The van der Waals surface area contributed by atoms with Crippen molar-refractivity contribution in [3.63, 3.8) is 0 Å². The minimum atomic E-state index is 0.517. The summed E-state index contributed by atoms with van der Waals surface area (Å²) in [6.07, 6.45) is 0. The fourth-order valence-corrected chi connectivity index (χ4v) is 2.83. The number of hydrogen-bond donors (Lipinski definition) is 0. The molecule has 2 aromatic heterocycles. The Bertz CT molecular complexity index is 797. The normalized spacial score (nSPS) is 10.4. The Morgan fingerprint density at radius 3 is 2.55 bits per heavy atom. The van der Waals surface area contributed by atoms with Crippen LogP contribution in [0, 0.1) is 11.3 Å². The summed E-state index contributed by atoms with van der Waals surface area (Å²) in [5, 5.41) is 12.1. The van der Waals surface area contributed by atoms with Crippen LogP contribution in [0.3, 0.4) is 0 Å². The molecule has 0 spiro atoms. The summed E-state index contributed by atoms with van der Waals surface area (Å²) in [5.74, 6) is 1.75. The molecule has 0 bridgehead atoms. The molecule has 0 radical (unpaired) electrons. The Morgan fingerprint density at radius 1 is 1.20 bits per heavy atom. The van der Waals surface area contributed by atoms with Crippen molar-refractivity contribution >= 4 is 22.3 Å². The summed E-state index contributed by atoms with van der Waals surface area (Å²) in [4.78, 5) is 0.927. The van der Waals surface area contributed by atoms with Crippen LogP contribution < -0.4 is 9.47 Å². The van der Waals surface area contributed by atoms with Gasteiger partial charge in [-0.25, -0.2) is 0 Å². The molecular weight excluding hydrogens is 274 g/mol. The summed E-state index contributed by atoms with van der Waals surface area (Å²) in [7, 11) is 3.13. The van der Waals surface area contributed by atoms with Gasteiger partial charge in [-0.3, -0.25) is 0 Å². The second kappa shape index (κ2) is 4.91. The van der Waals surface area contributed by atoms with Gasteiger partial charge in [0.05, 0.1) is 19.1 Å². The van der Waals surface area contributed by atoms with E-state index in [2.05, 4.69) is 6.07 Å². The minimum Gasteiger partial charge on any atom is -0.493 e. The number of rotatable bonds is 3. The van der Waals surface area contributed by atoms with Gasteiger partial charge in [0, 0.05) is 11.5 Å². The fourth-order valence-electron chi connectivity index (χ4n) is 2.12. The maximum atomic E-state index is 9.42. The van der Waals surface area contributed by atoms with Crippen LogP contribution in [0.25, 0.3) is 21.6 Å². The van der Waals surface area contributed by atoms with Crippen LogP contribution >= 0.6 is 11.3 Å². The van der Waals surface area contributed by atoms with Crippen LogP contribution in [0.5, 0.6) is 11.5 Å². The Hall–Kier alpha value is -2.45. The molecule has 0 aliphatic rings. The highest BCUT2D eigenvalue weighted by Gasteiger charge is 2.19. The van der Waals surface area contributed by atoms with Crippen molar-refractivity contribution in [2.45, 2.75) is 0 Å². The lowest BCUT2D eigenvalue weighted by Crippen LogP contribution is -1.89. The smallest absolute Gasteiger partial charge is 0.164 e. The number of fused-ring (bicyclic) bond motifs is 1. The molecule has 0 atom stereocenters. The highest BCUT2D eigenvalue weighted by Crippen LogP contribution is 2.40. The number of methoxy groups -OCH3 is 2. The number of thiophene rings is 1. The second-order valence-corrected chi connectivity index (χ2v) is 5.05. The highest BCUT2D eigenvalue weighted by molar-refractivity contribution is 7.13. The van der Waals surface area contributed by atoms with Gasteiger partial charge in [-0.2, -0.15) is 5.26 Å². The van der Waals surface area contributed by atoms with Crippen molar-refractivity contribution < 1.29 is 13.9 Å². The molecule has 2 heterocycles. The molecule has 1 aromatic carbocycles. The Morgan fingerprint density at radius 2 is 1.95 bits per heavy atom. The topological polar surface area (TPSA) is 55.4 Å². The third-order valence-corrected chi connectivity index (χ3v) is 3.92. The predicted octanol–water partition coefficient (Wildman–Crippen LogP) is 4.05. The average Bonchev–Trinajstić information content (AvgIpc) is 3.11. The van der Waals surface area contributed by atoms with E-state index < -0.39 is 0 Å². The quantitative estimate of drug-likeness (QED) is 0.728. The standard InChI is InChI=1S/C15H11NO3S/c1-17-12-6-9-10(8-16)15(14-4-3-5-20-14)19-11(9)7-13(12)18-2/h3-7H,1-2H3. The maximum absolute atomic E-state index is 9.42. The van der Waals surface area contributed by atoms with Crippen molar-refractivity contribution in [3.05, 3.63) is 35.2 Å². The first-order chi connectivity index (χ1) is 9.78. The number of benzene rings is 1. The third kappa shape index (κ3) is 1.82. The summed E-state index contributed by atoms with van der Waals surface area (Å²) < 4.78 is 16.4. The molecule has 0 saturated carbocycles. The van der Waals surface area contributed by atoms with E-state index in [9.17, 15) is 5.26 Å². The second-order valence-electron chi connectivity index (χ2n) is 4.10. The largest absolute Gasteiger partial charge is 0.493 e. The van der Waals surface area contributed by atoms with Crippen LogP contribution in [0.1, 0.15) is 5.56 Å². The molecule has 3 aromatic rings. The summed E-state index contributed by atoms with van der Waals surface area (Å²) >= 11 is 1.53. The first-order valence-corrected chi connectivity index (χ1v) is 6.79. The van der Waals surface area contributed by atoms with Crippen molar-refractivity contribution in [3.8, 4) is 28.2 Å². The van der Waals surface area contributed by atoms with Crippen molar-refractivity contribution in [2.24, 2.45) is 0 Å². The molecular formula is C15H11NO3S. The van der Waals surface area contributed by atoms with Gasteiger partial charge in [0.25, 0.3) is 0 Å². The molecule has 0 fully saturated rings. The van der Waals surface area contributed by atoms with E-state index in [1.54, 1.807) is 26.4 Å². The van der Waals surface area contributed by atoms with E-state index in [1.807, 2.05) is 17.5 Å². The van der Waals surface area contributed by atoms with E-state index in [4.69, 9.17) is 13.9 Å². The van der Waals surface area contributed by atoms with E-state index >= 15 is 0 Å². The number of ether oxygens (including phenoxy) is 2. The molecule has 3 rings (SSSR count). The highest BCUT2D eigenvalue weighted by atomic mass is 32.1. The Labute approximate surface area is 119 Å². The Balaban J connectivity index is 2.32. The van der Waals surface area contributed by atoms with Gasteiger partial charge in [0.15, 0.2) is 17.3 Å². The zero-order valence-corrected chi connectivity index (χ0v) is 11.8. The molecule has 0 N–H and O–H groups in total. The molecule has 5 heteroatoms. The van der Waals surface area contributed by atoms with E-state index in [0.29, 0.717) is 28.4 Å². The molecule has 0 aliphatic carbocycles. The number of nitriles is 1. The minimum absolute atomic E-state index is 0.517. The van der Waals surface area contributed by atoms with Gasteiger partial charge in [0.2, 0.25) is 0 Å². The fraction of sp³-hybridized carbons (Fsp3) is 0.133. The third-order valence-electron chi connectivity index (χ3n) is 3.05. The molecule has 0 amide bonds. The zero-order valence-electron chi connectivity index (χ0n) is 11.0. The van der Waals surface area contributed by atoms with Gasteiger partial charge < -0.3 is 13.9 Å². The average molecular weight is 285 g/mol. The van der Waals surface area contributed by atoms with Gasteiger partial charge in [0.1, 0.15) is 17.2 Å². The molecule has 100 valence electrons. The van der Waals surface area contributed by atoms with Crippen LogP contribution in [-0.2, 0) is 0 Å². The lowest BCUT2D eigenvalue weighted by molar-refractivity contribution is 0.355. The van der Waals surface area contributed by atoms with Crippen LogP contribution in [0.15, 0.2) is 34.1 Å². The first kappa shape index (κ1) is 12.6. The van der Waals surface area contributed by atoms with Gasteiger partial charge in [-0.15, -0.1) is 11.3 Å². The summed E-state index contributed by atoms with van der Waals surface area (Å²) in [6.45, 7) is 0. The molecule has 0 unspecified atom stereocenters. The molecule has 4 nitrogen and oxygen atoms in total. The van der Waals surface area contributed by atoms with E-state index in [1.165, 1.54) is 11.3 Å². The molecule has 0 saturated heterocycles. The van der Waals surface area contributed by atoms with E-state index in [-0.39, 0.29) is 0 Å². The number of furan rings is 1. The monoisotopic (exact) mass is 285 g/mol. The Kier molecular flexibility index (Phi) is 3.09. The van der Waals surface area contributed by atoms with Gasteiger partial charge in [-0.05, 0) is 17.5 Å². The number of hydrogen-bond acceptors (Lipinski definition) is 5. The van der Waals surface area contributed by atoms with Gasteiger partial charge >= 0.3 is 0 Å². The lowest BCUT2D eigenvalue weighted by Gasteiger charge is -2.06. The van der Waals surface area contributed by atoms with E-state index in [0.717, 1.165) is 10.3 Å². The van der Waals surface area contributed by atoms with Crippen LogP contribution in [0.4, 0.5) is 0 Å². The molecule has 20 heavy (non-hydrogen) atoms. The first-order valence-electron chi connectivity index (χ1n) is 5.91. The van der Waals surface area contributed by atoms with Crippen LogP contribution in [0.2, 0.25) is 0 Å². The zero-order chi connectivity index (χ0) is 14.1. The predicted molar refractivity (Wildman–Crippen MR) is 77.3 cm³/mol. The van der Waals surface area contributed by atoms with Crippen molar-refractivity contribution in [1.29, 1.82) is 5.26 Å². The lowest BCUT2D eigenvalue weighted by atomic mass is 10.1. The van der Waals surface area contributed by atoms with Crippen molar-refractivity contribution in [2.75, 3.05) is 14.2 Å². The summed E-state index contributed by atoms with van der Waals surface area (Å²) in [5.41, 5.74) is 1.13. The number of nitrogens with zero attached hydrogens (tertiary/aromatic N) is 1.